The molecule has 4 rings (SSSR count). The minimum absolute atomic E-state index is 0.0669. The second-order valence-electron chi connectivity index (χ2n) is 7.71. The lowest BCUT2D eigenvalue weighted by atomic mass is 9.93. The number of benzene rings is 2. The molecule has 156 valence electrons. The maximum absolute atomic E-state index is 13.2. The highest BCUT2D eigenvalue weighted by atomic mass is 19.1. The van der Waals surface area contributed by atoms with E-state index in [2.05, 4.69) is 10.3 Å². The van der Waals surface area contributed by atoms with Gasteiger partial charge in [0.15, 0.2) is 0 Å². The lowest BCUT2D eigenvalue weighted by molar-refractivity contribution is 0.0748. The molecule has 2 heterocycles. The average molecular weight is 409 g/mol. The fourth-order valence-electron chi connectivity index (χ4n) is 4.04. The van der Waals surface area contributed by atoms with Crippen molar-refractivity contribution in [2.75, 3.05) is 26.8 Å². The van der Waals surface area contributed by atoms with Crippen molar-refractivity contribution in [3.05, 3.63) is 71.7 Å². The zero-order valence-electron chi connectivity index (χ0n) is 16.8. The molecule has 0 radical (unpaired) electrons. The van der Waals surface area contributed by atoms with Gasteiger partial charge >= 0.3 is 0 Å². The molecule has 30 heavy (non-hydrogen) atoms. The van der Waals surface area contributed by atoms with Crippen molar-refractivity contribution < 1.29 is 18.7 Å². The third-order valence-corrected chi connectivity index (χ3v) is 5.73. The largest absolute Gasteiger partial charge is 0.385 e. The van der Waals surface area contributed by atoms with Gasteiger partial charge < -0.3 is 19.9 Å². The number of hydrogen-bond acceptors (Lipinski definition) is 3. The molecule has 0 aliphatic carbocycles. The first-order valence-electron chi connectivity index (χ1n) is 9.94. The monoisotopic (exact) mass is 409 g/mol. The number of H-pyrrole nitrogens is 1. The van der Waals surface area contributed by atoms with Crippen LogP contribution in [0.15, 0.2) is 54.7 Å². The van der Waals surface area contributed by atoms with Crippen molar-refractivity contribution in [1.82, 2.24) is 15.2 Å². The predicted molar refractivity (Wildman–Crippen MR) is 112 cm³/mol. The maximum Gasteiger partial charge on any atom is 0.256 e. The lowest BCUT2D eigenvalue weighted by Crippen LogP contribution is -2.51. The molecule has 7 heteroatoms. The Morgan fingerprint density at radius 1 is 1.20 bits per heavy atom. The molecule has 2 amide bonds. The Morgan fingerprint density at radius 2 is 1.97 bits per heavy atom. The SMILES string of the molecule is COCCC1(NC(=O)c2ccc(F)cc2)CCN(C(=O)c2c[nH]c3ccccc23)C1. The van der Waals surface area contributed by atoms with Gasteiger partial charge in [-0.1, -0.05) is 18.2 Å². The number of fused-ring (bicyclic) bond motifs is 1. The van der Waals surface area contributed by atoms with Crippen molar-refractivity contribution in [2.45, 2.75) is 18.4 Å². The normalized spacial score (nSPS) is 18.7. The first kappa shape index (κ1) is 20.1. The Morgan fingerprint density at radius 3 is 2.73 bits per heavy atom. The summed E-state index contributed by atoms with van der Waals surface area (Å²) in [7, 11) is 1.61. The van der Waals surface area contributed by atoms with Crippen LogP contribution in [-0.4, -0.2) is 54.0 Å². The number of methoxy groups -OCH3 is 1. The van der Waals surface area contributed by atoms with Crippen molar-refractivity contribution in [3.63, 3.8) is 0 Å². The number of amides is 2. The van der Waals surface area contributed by atoms with E-state index in [4.69, 9.17) is 4.74 Å². The maximum atomic E-state index is 13.2. The number of nitrogens with zero attached hydrogens (tertiary/aromatic N) is 1. The molecule has 1 aliphatic rings. The molecule has 1 unspecified atom stereocenters. The van der Waals surface area contributed by atoms with Gasteiger partial charge in [-0.05, 0) is 43.2 Å². The van der Waals surface area contributed by atoms with E-state index in [0.29, 0.717) is 43.7 Å². The molecular weight excluding hydrogens is 385 g/mol. The molecule has 2 N–H and O–H groups in total. The summed E-state index contributed by atoms with van der Waals surface area (Å²) in [6, 6.07) is 13.1. The standard InChI is InChI=1S/C23H24FN3O3/c1-30-13-11-23(26-21(28)16-6-8-17(24)9-7-16)10-12-27(15-23)22(29)19-14-25-20-5-3-2-4-18(19)20/h2-9,14,25H,10-13,15H2,1H3,(H,26,28). The Kier molecular flexibility index (Phi) is 5.55. The molecule has 2 aromatic carbocycles. The number of carbonyl (C=O) groups is 2. The number of para-hydroxylation sites is 1. The molecule has 1 saturated heterocycles. The zero-order valence-corrected chi connectivity index (χ0v) is 16.8. The molecule has 0 saturated carbocycles. The van der Waals surface area contributed by atoms with Crippen molar-refractivity contribution in [1.29, 1.82) is 0 Å². The number of carbonyl (C=O) groups excluding carboxylic acids is 2. The number of aromatic nitrogens is 1. The third kappa shape index (κ3) is 3.93. The summed E-state index contributed by atoms with van der Waals surface area (Å²) in [5, 5.41) is 3.97. The van der Waals surface area contributed by atoms with Gasteiger partial charge in [0.2, 0.25) is 0 Å². The quantitative estimate of drug-likeness (QED) is 0.656. The molecule has 6 nitrogen and oxygen atoms in total. The number of rotatable bonds is 6. The van der Waals surface area contributed by atoms with E-state index >= 15 is 0 Å². The minimum Gasteiger partial charge on any atom is -0.385 e. The Labute approximate surface area is 174 Å². The molecule has 0 bridgehead atoms. The van der Waals surface area contributed by atoms with Crippen LogP contribution in [-0.2, 0) is 4.74 Å². The average Bonchev–Trinajstić information content (AvgIpc) is 3.37. The van der Waals surface area contributed by atoms with Gasteiger partial charge in [-0.25, -0.2) is 4.39 Å². The van der Waals surface area contributed by atoms with Crippen LogP contribution in [0.5, 0.6) is 0 Å². The topological polar surface area (TPSA) is 74.4 Å². The summed E-state index contributed by atoms with van der Waals surface area (Å²) in [5.74, 6) is -0.743. The van der Waals surface area contributed by atoms with Gasteiger partial charge in [-0.15, -0.1) is 0 Å². The van der Waals surface area contributed by atoms with Crippen molar-refractivity contribution in [3.8, 4) is 0 Å². The van der Waals surface area contributed by atoms with Gasteiger partial charge in [-0.3, -0.25) is 9.59 Å². The van der Waals surface area contributed by atoms with Crippen LogP contribution in [0.2, 0.25) is 0 Å². The first-order valence-corrected chi connectivity index (χ1v) is 9.94. The minimum atomic E-state index is -0.594. The molecule has 1 aromatic heterocycles. The zero-order chi connectivity index (χ0) is 21.1. The van der Waals surface area contributed by atoms with Crippen LogP contribution in [0.4, 0.5) is 4.39 Å². The second-order valence-corrected chi connectivity index (χ2v) is 7.71. The van der Waals surface area contributed by atoms with Gasteiger partial charge in [0.1, 0.15) is 5.82 Å². The van der Waals surface area contributed by atoms with Crippen LogP contribution < -0.4 is 5.32 Å². The van der Waals surface area contributed by atoms with Crippen molar-refractivity contribution in [2.24, 2.45) is 0 Å². The van der Waals surface area contributed by atoms with E-state index in [1.54, 1.807) is 18.2 Å². The van der Waals surface area contributed by atoms with Gasteiger partial charge in [0.05, 0.1) is 11.1 Å². The molecule has 1 atom stereocenters. The Balaban J connectivity index is 1.53. The Hall–Kier alpha value is -3.19. The molecule has 3 aromatic rings. The second kappa shape index (κ2) is 8.28. The van der Waals surface area contributed by atoms with Crippen LogP contribution in [0.3, 0.4) is 0 Å². The fourth-order valence-corrected chi connectivity index (χ4v) is 4.04. The summed E-state index contributed by atoms with van der Waals surface area (Å²) >= 11 is 0. The summed E-state index contributed by atoms with van der Waals surface area (Å²) < 4.78 is 18.4. The van der Waals surface area contributed by atoms with Crippen LogP contribution in [0.1, 0.15) is 33.6 Å². The highest BCUT2D eigenvalue weighted by molar-refractivity contribution is 6.06. The van der Waals surface area contributed by atoms with Crippen LogP contribution in [0.25, 0.3) is 10.9 Å². The van der Waals surface area contributed by atoms with Crippen molar-refractivity contribution >= 4 is 22.7 Å². The Bertz CT molecular complexity index is 1060. The third-order valence-electron chi connectivity index (χ3n) is 5.73. The predicted octanol–water partition coefficient (Wildman–Crippen LogP) is 3.36. The van der Waals surface area contributed by atoms with E-state index in [1.165, 1.54) is 24.3 Å². The van der Waals surface area contributed by atoms with Crippen LogP contribution >= 0.6 is 0 Å². The van der Waals surface area contributed by atoms with E-state index < -0.39 is 11.4 Å². The number of ether oxygens (including phenoxy) is 1. The van der Waals surface area contributed by atoms with E-state index in [-0.39, 0.29) is 11.8 Å². The number of hydrogen-bond donors (Lipinski definition) is 2. The van der Waals surface area contributed by atoms with Gasteiger partial charge in [0, 0.05) is 49.5 Å². The van der Waals surface area contributed by atoms with E-state index in [1.807, 2.05) is 24.3 Å². The molecule has 1 aliphatic heterocycles. The summed E-state index contributed by atoms with van der Waals surface area (Å²) in [6.45, 7) is 1.38. The summed E-state index contributed by atoms with van der Waals surface area (Å²) in [6.07, 6.45) is 2.94. The van der Waals surface area contributed by atoms with Crippen LogP contribution in [0, 0.1) is 5.82 Å². The molecule has 1 fully saturated rings. The first-order chi connectivity index (χ1) is 14.5. The van der Waals surface area contributed by atoms with Gasteiger partial charge in [0.25, 0.3) is 11.8 Å². The van der Waals surface area contributed by atoms with E-state index in [9.17, 15) is 14.0 Å². The van der Waals surface area contributed by atoms with Gasteiger partial charge in [-0.2, -0.15) is 0 Å². The molecule has 0 spiro atoms. The lowest BCUT2D eigenvalue weighted by Gasteiger charge is -2.30. The smallest absolute Gasteiger partial charge is 0.256 e. The van der Waals surface area contributed by atoms with E-state index in [0.717, 1.165) is 10.9 Å². The fraction of sp³-hybridized carbons (Fsp3) is 0.304. The summed E-state index contributed by atoms with van der Waals surface area (Å²) in [5.41, 5.74) is 1.33. The highest BCUT2D eigenvalue weighted by Crippen LogP contribution is 2.29. The highest BCUT2D eigenvalue weighted by Gasteiger charge is 2.41. The number of nitrogens with one attached hydrogen (secondary N) is 2. The summed E-state index contributed by atoms with van der Waals surface area (Å²) in [4.78, 5) is 30.9. The number of likely N-dealkylation sites (tertiary alicyclic amines) is 1. The molecular formula is C23H24FN3O3. The number of halogens is 1. The number of aromatic amines is 1.